The van der Waals surface area contributed by atoms with Gasteiger partial charge in [-0.3, -0.25) is 0 Å². The van der Waals surface area contributed by atoms with Crippen molar-refractivity contribution in [3.05, 3.63) is 41.2 Å². The summed E-state index contributed by atoms with van der Waals surface area (Å²) in [5.41, 5.74) is 0.402. The van der Waals surface area contributed by atoms with Gasteiger partial charge >= 0.3 is 0 Å². The molecule has 47 valence electrons. The summed E-state index contributed by atoms with van der Waals surface area (Å²) in [5.74, 6) is 0. The second kappa shape index (κ2) is 2.23. The summed E-state index contributed by atoms with van der Waals surface area (Å²) in [6.45, 7) is 3.45. The second-order valence-corrected chi connectivity index (χ2v) is 2.10. The van der Waals surface area contributed by atoms with Crippen molar-refractivity contribution < 1.29 is 4.73 Å². The Labute approximate surface area is 58.3 Å². The van der Waals surface area contributed by atoms with Crippen LogP contribution in [0.2, 0.25) is 5.02 Å². The van der Waals surface area contributed by atoms with Crippen LogP contribution in [0.25, 0.3) is 0 Å². The van der Waals surface area contributed by atoms with Crippen molar-refractivity contribution in [3.8, 4) is 0 Å². The molecule has 1 radical (unpaired) electrons. The lowest BCUT2D eigenvalue weighted by Gasteiger charge is -1.97. The van der Waals surface area contributed by atoms with Gasteiger partial charge in [-0.2, -0.15) is 4.73 Å². The third-order valence-electron chi connectivity index (χ3n) is 0.959. The predicted molar refractivity (Wildman–Crippen MR) is 34.9 cm³/mol. The first-order valence-corrected chi connectivity index (χ1v) is 2.78. The fourth-order valence-electron chi connectivity index (χ4n) is 0.487. The molecular weight excluding hydrogens is 138 g/mol. The van der Waals surface area contributed by atoms with Gasteiger partial charge in [0.15, 0.2) is 11.9 Å². The smallest absolute Gasteiger partial charge is 0.199 e. The van der Waals surface area contributed by atoms with E-state index in [1.807, 2.05) is 0 Å². The van der Waals surface area contributed by atoms with Crippen LogP contribution in [0.3, 0.4) is 0 Å². The molecule has 0 atom stereocenters. The maximum Gasteiger partial charge on any atom is 0.199 e. The number of hydrogen-bond donors (Lipinski definition) is 0. The van der Waals surface area contributed by atoms with Crippen LogP contribution in [-0.2, 0) is 0 Å². The Hall–Kier alpha value is -0.760. The van der Waals surface area contributed by atoms with Gasteiger partial charge in [-0.15, -0.1) is 0 Å². The molecule has 1 rings (SSSR count). The van der Waals surface area contributed by atoms with Crippen LogP contribution in [0.5, 0.6) is 0 Å². The van der Waals surface area contributed by atoms with Gasteiger partial charge in [-0.25, -0.2) is 0 Å². The molecule has 0 aliphatic rings. The molecule has 0 N–H and O–H groups in total. The van der Waals surface area contributed by atoms with Crippen molar-refractivity contribution in [2.24, 2.45) is 0 Å². The zero-order valence-corrected chi connectivity index (χ0v) is 5.43. The molecule has 1 heterocycles. The van der Waals surface area contributed by atoms with E-state index < -0.39 is 0 Å². The van der Waals surface area contributed by atoms with E-state index in [1.165, 1.54) is 6.20 Å². The summed E-state index contributed by atoms with van der Waals surface area (Å²) < 4.78 is 0.627. The van der Waals surface area contributed by atoms with Gasteiger partial charge in [0, 0.05) is 13.0 Å². The molecule has 0 aromatic carbocycles. The van der Waals surface area contributed by atoms with E-state index in [-0.39, 0.29) is 0 Å². The Morgan fingerprint density at radius 3 is 2.67 bits per heavy atom. The lowest BCUT2D eigenvalue weighted by molar-refractivity contribution is -0.609. The molecule has 0 fully saturated rings. The topological polar surface area (TPSA) is 26.9 Å². The summed E-state index contributed by atoms with van der Waals surface area (Å²) in [6.07, 6.45) is 1.27. The monoisotopic (exact) mass is 142 g/mol. The van der Waals surface area contributed by atoms with Gasteiger partial charge in [0.25, 0.3) is 0 Å². The average Bonchev–Trinajstić information content (AvgIpc) is 1.80. The molecule has 0 aliphatic carbocycles. The van der Waals surface area contributed by atoms with Gasteiger partial charge in [-0.1, -0.05) is 11.6 Å². The van der Waals surface area contributed by atoms with E-state index in [0.29, 0.717) is 15.4 Å². The largest absolute Gasteiger partial charge is 0.618 e. The highest BCUT2D eigenvalue weighted by Crippen LogP contribution is 2.02. The molecule has 0 saturated heterocycles. The summed E-state index contributed by atoms with van der Waals surface area (Å²) in [4.78, 5) is 0. The van der Waals surface area contributed by atoms with Crippen molar-refractivity contribution in [2.75, 3.05) is 0 Å². The highest BCUT2D eigenvalue weighted by atomic mass is 35.5. The highest BCUT2D eigenvalue weighted by molar-refractivity contribution is 6.30. The van der Waals surface area contributed by atoms with E-state index in [2.05, 4.69) is 6.92 Å². The Balaban J connectivity index is 3.17. The molecule has 1 aromatic rings. The molecule has 2 nitrogen and oxygen atoms in total. The van der Waals surface area contributed by atoms with E-state index in [0.717, 1.165) is 0 Å². The molecule has 0 amide bonds. The molecule has 9 heavy (non-hydrogen) atoms. The number of nitrogens with zero attached hydrogens (tertiary/aromatic N) is 1. The van der Waals surface area contributed by atoms with Crippen molar-refractivity contribution >= 4 is 11.6 Å². The third kappa shape index (κ3) is 1.33. The fraction of sp³-hybridized carbons (Fsp3) is 0. The van der Waals surface area contributed by atoms with E-state index >= 15 is 0 Å². The molecule has 0 spiro atoms. The van der Waals surface area contributed by atoms with Crippen molar-refractivity contribution in [1.29, 1.82) is 0 Å². The van der Waals surface area contributed by atoms with Crippen molar-refractivity contribution in [2.45, 2.75) is 0 Å². The number of rotatable bonds is 0. The zero-order chi connectivity index (χ0) is 6.85. The Morgan fingerprint density at radius 2 is 2.22 bits per heavy atom. The Kier molecular flexibility index (Phi) is 1.58. The normalized spacial score (nSPS) is 9.56. The summed E-state index contributed by atoms with van der Waals surface area (Å²) in [5, 5.41) is 11.0. The van der Waals surface area contributed by atoms with Crippen molar-refractivity contribution in [3.63, 3.8) is 0 Å². The number of hydrogen-bond acceptors (Lipinski definition) is 1. The van der Waals surface area contributed by atoms with Gasteiger partial charge < -0.3 is 5.21 Å². The first kappa shape index (κ1) is 6.36. The van der Waals surface area contributed by atoms with Crippen LogP contribution >= 0.6 is 11.6 Å². The lowest BCUT2D eigenvalue weighted by Crippen LogP contribution is -2.28. The van der Waals surface area contributed by atoms with Crippen LogP contribution in [0, 0.1) is 12.1 Å². The summed E-state index contributed by atoms with van der Waals surface area (Å²) >= 11 is 5.47. The van der Waals surface area contributed by atoms with Gasteiger partial charge in [0.2, 0.25) is 0 Å². The van der Waals surface area contributed by atoms with Crippen LogP contribution in [-0.4, -0.2) is 0 Å². The van der Waals surface area contributed by atoms with E-state index in [9.17, 15) is 5.21 Å². The molecule has 0 saturated carbocycles. The van der Waals surface area contributed by atoms with Crippen LogP contribution in [0.1, 0.15) is 5.69 Å². The minimum atomic E-state index is 0.402. The molecular formula is C6H5ClNO. The molecule has 0 unspecified atom stereocenters. The zero-order valence-electron chi connectivity index (χ0n) is 4.67. The van der Waals surface area contributed by atoms with E-state index in [4.69, 9.17) is 11.6 Å². The second-order valence-electron chi connectivity index (χ2n) is 1.66. The minimum Gasteiger partial charge on any atom is -0.618 e. The summed E-state index contributed by atoms with van der Waals surface area (Å²) in [6, 6.07) is 3.19. The van der Waals surface area contributed by atoms with Gasteiger partial charge in [0.1, 0.15) is 5.02 Å². The SMILES string of the molecule is [CH2]c1ccc(Cl)c[n+]1[O-]. The van der Waals surface area contributed by atoms with Crippen LogP contribution in [0.4, 0.5) is 0 Å². The number of pyridine rings is 1. The maximum absolute atomic E-state index is 10.6. The Bertz CT molecular complexity index is 224. The van der Waals surface area contributed by atoms with E-state index in [1.54, 1.807) is 12.1 Å². The van der Waals surface area contributed by atoms with Crippen LogP contribution in [0.15, 0.2) is 18.3 Å². The fourth-order valence-corrected chi connectivity index (χ4v) is 0.639. The average molecular weight is 143 g/mol. The molecule has 3 heteroatoms. The first-order valence-electron chi connectivity index (χ1n) is 2.41. The minimum absolute atomic E-state index is 0.402. The van der Waals surface area contributed by atoms with Crippen LogP contribution < -0.4 is 4.73 Å². The quantitative estimate of drug-likeness (QED) is 0.395. The third-order valence-corrected chi connectivity index (χ3v) is 1.18. The molecule has 1 aromatic heterocycles. The van der Waals surface area contributed by atoms with Gasteiger partial charge in [0.05, 0.1) is 0 Å². The van der Waals surface area contributed by atoms with Gasteiger partial charge in [-0.05, 0) is 6.07 Å². The summed E-state index contributed by atoms with van der Waals surface area (Å²) in [7, 11) is 0. The molecule has 0 aliphatic heterocycles. The predicted octanol–water partition coefficient (Wildman–Crippen LogP) is 1.16. The maximum atomic E-state index is 10.6. The number of halogens is 1. The lowest BCUT2D eigenvalue weighted by atomic mass is 10.4. The standard InChI is InChI=1S/C6H5ClNO/c1-5-2-3-6(7)4-8(5)9/h2-4H,1H2. The van der Waals surface area contributed by atoms with Crippen molar-refractivity contribution in [1.82, 2.24) is 0 Å². The first-order chi connectivity index (χ1) is 4.20. The number of aromatic nitrogens is 1. The molecule has 0 bridgehead atoms. The Morgan fingerprint density at radius 1 is 1.56 bits per heavy atom. The highest BCUT2D eigenvalue weighted by Gasteiger charge is 1.96.